The van der Waals surface area contributed by atoms with Crippen LogP contribution in [0.1, 0.15) is 57.2 Å². The van der Waals surface area contributed by atoms with Gasteiger partial charge in [0.05, 0.1) is 0 Å². The summed E-state index contributed by atoms with van der Waals surface area (Å²) in [6.07, 6.45) is 1.83. The van der Waals surface area contributed by atoms with Gasteiger partial charge in [-0.25, -0.2) is 0 Å². The van der Waals surface area contributed by atoms with Crippen molar-refractivity contribution in [1.82, 2.24) is 9.88 Å². The third-order valence-electron chi connectivity index (χ3n) is 4.39. The Bertz CT molecular complexity index is 514. The van der Waals surface area contributed by atoms with E-state index in [2.05, 4.69) is 23.7 Å². The maximum absolute atomic E-state index is 12.2. The predicted molar refractivity (Wildman–Crippen MR) is 93.6 cm³/mol. The molecule has 1 aromatic heterocycles. The van der Waals surface area contributed by atoms with E-state index in [0.717, 1.165) is 50.2 Å². The van der Waals surface area contributed by atoms with E-state index in [0.29, 0.717) is 0 Å². The molecule has 0 saturated carbocycles. The second kappa shape index (κ2) is 11.2. The van der Waals surface area contributed by atoms with Crippen molar-refractivity contribution in [2.24, 2.45) is 0 Å². The van der Waals surface area contributed by atoms with Crippen LogP contribution in [0.25, 0.3) is 0 Å². The predicted octanol–water partition coefficient (Wildman–Crippen LogP) is 4.59. The van der Waals surface area contributed by atoms with Crippen LogP contribution in [0, 0.1) is 0 Å². The number of pyridine rings is 1. The number of rotatable bonds is 12. The molecule has 1 aromatic rings. The summed E-state index contributed by atoms with van der Waals surface area (Å²) < 4.78 is 36.7. The monoisotopic (exact) mass is 358 g/mol. The lowest BCUT2D eigenvalue weighted by atomic mass is 10.0. The van der Waals surface area contributed by atoms with Crippen LogP contribution in [0.2, 0.25) is 0 Å². The Morgan fingerprint density at radius 2 is 1.76 bits per heavy atom. The molecule has 0 saturated heterocycles. The second-order valence-corrected chi connectivity index (χ2v) is 6.27. The number of alkyl halides is 3. The topological polar surface area (TPSA) is 33.2 Å². The highest BCUT2D eigenvalue weighted by atomic mass is 19.4. The van der Waals surface area contributed by atoms with Crippen molar-refractivity contribution in [2.75, 3.05) is 19.6 Å². The quantitative estimate of drug-likeness (QED) is 0.512. The first-order chi connectivity index (χ1) is 11.9. The molecule has 0 unspecified atom stereocenters. The van der Waals surface area contributed by atoms with Gasteiger partial charge in [0, 0.05) is 18.3 Å². The number of aryl methyl sites for hydroxylation is 2. The molecule has 1 heterocycles. The highest BCUT2D eigenvalue weighted by molar-refractivity contribution is 5.84. The lowest BCUT2D eigenvalue weighted by Gasteiger charge is -2.17. The van der Waals surface area contributed by atoms with Crippen LogP contribution in [0.4, 0.5) is 13.2 Å². The molecule has 0 bridgehead atoms. The Balaban J connectivity index is 2.28. The van der Waals surface area contributed by atoms with Crippen molar-refractivity contribution in [1.29, 1.82) is 0 Å². The van der Waals surface area contributed by atoms with E-state index in [9.17, 15) is 18.0 Å². The van der Waals surface area contributed by atoms with E-state index in [-0.39, 0.29) is 6.42 Å². The zero-order chi connectivity index (χ0) is 18.7. The number of hydrogen-bond donors (Lipinski definition) is 0. The minimum Gasteiger partial charge on any atom is -0.304 e. The van der Waals surface area contributed by atoms with Gasteiger partial charge in [-0.2, -0.15) is 13.2 Å². The molecule has 0 radical (unpaired) electrons. The largest absolute Gasteiger partial charge is 0.449 e. The molecule has 0 fully saturated rings. The standard InChI is InChI=1S/C19H29F3N2O/c1-3-24(4-2)14-8-6-5-7-9-17-15-16(12-13-23-17)10-11-18(25)19(20,21)22/h12-13,15H,3-11,14H2,1-2H3. The Morgan fingerprint density at radius 1 is 1.08 bits per heavy atom. The summed E-state index contributed by atoms with van der Waals surface area (Å²) in [5.41, 5.74) is 1.63. The Hall–Kier alpha value is -1.43. The zero-order valence-corrected chi connectivity index (χ0v) is 15.2. The number of Topliss-reactive ketones (excluding diaryl/α,β-unsaturated/α-hetero) is 1. The molecule has 0 spiro atoms. The van der Waals surface area contributed by atoms with Gasteiger partial charge in [-0.15, -0.1) is 0 Å². The van der Waals surface area contributed by atoms with Gasteiger partial charge in [0.1, 0.15) is 0 Å². The Kier molecular flexibility index (Phi) is 9.71. The summed E-state index contributed by atoms with van der Waals surface area (Å²) in [5, 5.41) is 0. The van der Waals surface area contributed by atoms with Crippen LogP contribution in [-0.4, -0.2) is 41.5 Å². The van der Waals surface area contributed by atoms with Gasteiger partial charge in [-0.05, 0) is 63.0 Å². The van der Waals surface area contributed by atoms with E-state index in [1.807, 2.05) is 6.07 Å². The Morgan fingerprint density at radius 3 is 2.40 bits per heavy atom. The molecule has 0 atom stereocenters. The lowest BCUT2D eigenvalue weighted by molar-refractivity contribution is -0.171. The van der Waals surface area contributed by atoms with Gasteiger partial charge in [0.2, 0.25) is 5.78 Å². The zero-order valence-electron chi connectivity index (χ0n) is 15.2. The van der Waals surface area contributed by atoms with Crippen LogP contribution < -0.4 is 0 Å². The molecule has 142 valence electrons. The maximum atomic E-state index is 12.2. The fourth-order valence-electron chi connectivity index (χ4n) is 2.75. The minimum atomic E-state index is -4.74. The molecule has 0 aliphatic heterocycles. The van der Waals surface area contributed by atoms with E-state index >= 15 is 0 Å². The van der Waals surface area contributed by atoms with Crippen LogP contribution >= 0.6 is 0 Å². The smallest absolute Gasteiger partial charge is 0.304 e. The third kappa shape index (κ3) is 9.00. The summed E-state index contributed by atoms with van der Waals surface area (Å²) in [6, 6.07) is 3.50. The SMILES string of the molecule is CCN(CC)CCCCCCc1cc(CCC(=O)C(F)(F)F)ccn1. The first kappa shape index (κ1) is 21.6. The first-order valence-electron chi connectivity index (χ1n) is 9.13. The Labute approximate surface area is 148 Å². The lowest BCUT2D eigenvalue weighted by Crippen LogP contribution is -2.23. The average Bonchev–Trinajstić information content (AvgIpc) is 2.58. The molecule has 25 heavy (non-hydrogen) atoms. The number of ketones is 1. The van der Waals surface area contributed by atoms with Crippen LogP contribution in [0.15, 0.2) is 18.3 Å². The second-order valence-electron chi connectivity index (χ2n) is 6.27. The third-order valence-corrected chi connectivity index (χ3v) is 4.39. The highest BCUT2D eigenvalue weighted by Gasteiger charge is 2.37. The number of unbranched alkanes of at least 4 members (excludes halogenated alkanes) is 3. The van der Waals surface area contributed by atoms with E-state index < -0.39 is 18.4 Å². The normalized spacial score (nSPS) is 11.9. The number of hydrogen-bond acceptors (Lipinski definition) is 3. The summed E-state index contributed by atoms with van der Waals surface area (Å²) in [5.74, 6) is -1.67. The number of carbonyl (C=O) groups excluding carboxylic acids is 1. The van der Waals surface area contributed by atoms with Crippen LogP contribution in [0.5, 0.6) is 0 Å². The number of halogens is 3. The molecule has 1 rings (SSSR count). The summed E-state index contributed by atoms with van der Waals surface area (Å²) >= 11 is 0. The van der Waals surface area contributed by atoms with Crippen molar-refractivity contribution in [2.45, 2.75) is 65.0 Å². The summed E-state index contributed by atoms with van der Waals surface area (Å²) in [4.78, 5) is 17.6. The average molecular weight is 358 g/mol. The minimum absolute atomic E-state index is 0.109. The number of carbonyl (C=O) groups is 1. The van der Waals surface area contributed by atoms with Gasteiger partial charge < -0.3 is 4.90 Å². The molecule has 3 nitrogen and oxygen atoms in total. The van der Waals surface area contributed by atoms with E-state index in [1.165, 1.54) is 12.8 Å². The molecular formula is C19H29F3N2O. The molecule has 0 aliphatic carbocycles. The van der Waals surface area contributed by atoms with Crippen molar-refractivity contribution in [3.8, 4) is 0 Å². The summed E-state index contributed by atoms with van der Waals surface area (Å²) in [6.45, 7) is 7.65. The van der Waals surface area contributed by atoms with Gasteiger partial charge in [0.15, 0.2) is 0 Å². The molecule has 6 heteroatoms. The van der Waals surface area contributed by atoms with Crippen LogP contribution in [-0.2, 0) is 17.6 Å². The van der Waals surface area contributed by atoms with Crippen molar-refractivity contribution < 1.29 is 18.0 Å². The van der Waals surface area contributed by atoms with Gasteiger partial charge in [-0.1, -0.05) is 26.7 Å². The molecule has 0 aromatic carbocycles. The maximum Gasteiger partial charge on any atom is 0.449 e. The van der Waals surface area contributed by atoms with Crippen molar-refractivity contribution in [3.05, 3.63) is 29.6 Å². The summed E-state index contributed by atoms with van der Waals surface area (Å²) in [7, 11) is 0. The number of nitrogens with zero attached hydrogens (tertiary/aromatic N) is 2. The van der Waals surface area contributed by atoms with Crippen LogP contribution in [0.3, 0.4) is 0 Å². The van der Waals surface area contributed by atoms with Gasteiger partial charge in [-0.3, -0.25) is 9.78 Å². The first-order valence-corrected chi connectivity index (χ1v) is 9.13. The van der Waals surface area contributed by atoms with Gasteiger partial charge in [0.25, 0.3) is 0 Å². The van der Waals surface area contributed by atoms with Crippen molar-refractivity contribution >= 4 is 5.78 Å². The fourth-order valence-corrected chi connectivity index (χ4v) is 2.75. The highest BCUT2D eigenvalue weighted by Crippen LogP contribution is 2.19. The molecule has 0 amide bonds. The molecule has 0 aliphatic rings. The van der Waals surface area contributed by atoms with Crippen molar-refractivity contribution in [3.63, 3.8) is 0 Å². The molecule has 0 N–H and O–H groups in total. The fraction of sp³-hybridized carbons (Fsp3) is 0.684. The molecular weight excluding hydrogens is 329 g/mol. The van der Waals surface area contributed by atoms with Gasteiger partial charge >= 0.3 is 6.18 Å². The number of aromatic nitrogens is 1. The van der Waals surface area contributed by atoms with E-state index in [1.54, 1.807) is 12.3 Å². The van der Waals surface area contributed by atoms with E-state index in [4.69, 9.17) is 0 Å².